The summed E-state index contributed by atoms with van der Waals surface area (Å²) in [5.41, 5.74) is 1.24. The Morgan fingerprint density at radius 2 is 1.55 bits per heavy atom. The first-order valence-electron chi connectivity index (χ1n) is 11.2. The van der Waals surface area contributed by atoms with Gasteiger partial charge in [0.05, 0.1) is 11.1 Å². The smallest absolute Gasteiger partial charge is 0.261 e. The van der Waals surface area contributed by atoms with E-state index in [1.54, 1.807) is 24.3 Å². The zero-order valence-corrected chi connectivity index (χ0v) is 17.2. The summed E-state index contributed by atoms with van der Waals surface area (Å²) in [5.74, 6) is 2.17. The molecule has 4 bridgehead atoms. The van der Waals surface area contributed by atoms with Crippen molar-refractivity contribution in [3.05, 3.63) is 35.4 Å². The van der Waals surface area contributed by atoms with Crippen molar-refractivity contribution < 1.29 is 14.4 Å². The fourth-order valence-electron chi connectivity index (χ4n) is 7.01. The van der Waals surface area contributed by atoms with Gasteiger partial charge in [0.25, 0.3) is 11.8 Å². The maximum Gasteiger partial charge on any atom is 0.261 e. The Bertz CT molecular complexity index is 791. The first-order valence-corrected chi connectivity index (χ1v) is 11.2. The van der Waals surface area contributed by atoms with Crippen molar-refractivity contribution in [3.63, 3.8) is 0 Å². The summed E-state index contributed by atoms with van der Waals surface area (Å²) in [6, 6.07) is 7.13. The fraction of sp³-hybridized carbons (Fsp3) is 0.625. The van der Waals surface area contributed by atoms with Crippen molar-refractivity contribution in [2.45, 2.75) is 64.3 Å². The summed E-state index contributed by atoms with van der Waals surface area (Å²) < 4.78 is 0. The molecule has 1 aromatic rings. The lowest BCUT2D eigenvalue weighted by Gasteiger charge is -2.59. The number of benzene rings is 1. The van der Waals surface area contributed by atoms with Crippen LogP contribution < -0.4 is 5.32 Å². The summed E-state index contributed by atoms with van der Waals surface area (Å²) in [7, 11) is 0. The first-order chi connectivity index (χ1) is 13.9. The molecule has 0 radical (unpaired) electrons. The second-order valence-corrected chi connectivity index (χ2v) is 9.98. The van der Waals surface area contributed by atoms with E-state index in [4.69, 9.17) is 0 Å². The first kappa shape index (κ1) is 18.8. The highest BCUT2D eigenvalue weighted by molar-refractivity contribution is 6.21. The van der Waals surface area contributed by atoms with Crippen LogP contribution in [0.3, 0.4) is 0 Å². The van der Waals surface area contributed by atoms with Gasteiger partial charge in [0.15, 0.2) is 0 Å². The Morgan fingerprint density at radius 3 is 2.07 bits per heavy atom. The third-order valence-corrected chi connectivity index (χ3v) is 8.05. The highest BCUT2D eigenvalue weighted by atomic mass is 16.2. The van der Waals surface area contributed by atoms with Crippen LogP contribution in [0.15, 0.2) is 24.3 Å². The molecular formula is C24H30N2O3. The van der Waals surface area contributed by atoms with Gasteiger partial charge in [0.2, 0.25) is 5.91 Å². The number of carbonyl (C=O) groups excluding carboxylic acids is 3. The number of imide groups is 1. The average Bonchev–Trinajstić information content (AvgIpc) is 2.92. The van der Waals surface area contributed by atoms with E-state index in [1.807, 2.05) is 0 Å². The van der Waals surface area contributed by atoms with Crippen LogP contribution >= 0.6 is 0 Å². The number of hydrogen-bond acceptors (Lipinski definition) is 3. The van der Waals surface area contributed by atoms with Crippen LogP contribution in [0.1, 0.15) is 79.0 Å². The fourth-order valence-corrected chi connectivity index (χ4v) is 7.01. The Labute approximate surface area is 172 Å². The molecule has 4 saturated carbocycles. The molecule has 5 heteroatoms. The second-order valence-electron chi connectivity index (χ2n) is 9.98. The van der Waals surface area contributed by atoms with E-state index in [2.05, 4.69) is 12.2 Å². The van der Waals surface area contributed by atoms with Gasteiger partial charge in [-0.3, -0.25) is 19.3 Å². The molecule has 0 aromatic heterocycles. The van der Waals surface area contributed by atoms with E-state index in [0.717, 1.165) is 17.8 Å². The quantitative estimate of drug-likeness (QED) is 0.747. The SMILES string of the molecule is C[C@H](NC(=O)CCCN1C(=O)c2ccccc2C1=O)C12CC3CC(CC(C3)C1)C2. The summed E-state index contributed by atoms with van der Waals surface area (Å²) in [6.45, 7) is 2.49. The Kier molecular flexibility index (Phi) is 4.52. The van der Waals surface area contributed by atoms with E-state index < -0.39 is 0 Å². The second kappa shape index (κ2) is 6.96. The number of fused-ring (bicyclic) bond motifs is 1. The molecule has 1 heterocycles. The molecule has 5 nitrogen and oxygen atoms in total. The van der Waals surface area contributed by atoms with E-state index >= 15 is 0 Å². The molecule has 1 aromatic carbocycles. The third-order valence-electron chi connectivity index (χ3n) is 8.05. The van der Waals surface area contributed by atoms with Crippen molar-refractivity contribution in [1.82, 2.24) is 10.2 Å². The van der Waals surface area contributed by atoms with Crippen molar-refractivity contribution in [1.29, 1.82) is 0 Å². The number of hydrogen-bond donors (Lipinski definition) is 1. The molecule has 0 spiro atoms. The molecule has 0 unspecified atom stereocenters. The topological polar surface area (TPSA) is 66.5 Å². The lowest BCUT2D eigenvalue weighted by Crippen LogP contribution is -2.55. The van der Waals surface area contributed by atoms with Crippen LogP contribution in [0, 0.1) is 23.2 Å². The molecule has 1 aliphatic heterocycles. The maximum atomic E-state index is 12.6. The number of amides is 3. The number of nitrogens with one attached hydrogen (secondary N) is 1. The van der Waals surface area contributed by atoms with Crippen LogP contribution in [-0.2, 0) is 4.79 Å². The molecule has 5 aliphatic rings. The molecule has 154 valence electrons. The van der Waals surface area contributed by atoms with Gasteiger partial charge < -0.3 is 5.32 Å². The van der Waals surface area contributed by atoms with E-state index in [9.17, 15) is 14.4 Å². The zero-order chi connectivity index (χ0) is 20.2. The molecule has 1 N–H and O–H groups in total. The predicted octanol–water partition coefficient (Wildman–Crippen LogP) is 3.78. The van der Waals surface area contributed by atoms with Crippen LogP contribution in [0.5, 0.6) is 0 Å². The van der Waals surface area contributed by atoms with Crippen LogP contribution in [0.2, 0.25) is 0 Å². The minimum absolute atomic E-state index is 0.0462. The third kappa shape index (κ3) is 3.19. The Hall–Kier alpha value is -2.17. The van der Waals surface area contributed by atoms with Gasteiger partial charge in [-0.25, -0.2) is 0 Å². The Balaban J connectivity index is 1.14. The molecule has 1 atom stereocenters. The molecule has 3 amide bonds. The van der Waals surface area contributed by atoms with Gasteiger partial charge in [0.1, 0.15) is 0 Å². The van der Waals surface area contributed by atoms with Gasteiger partial charge in [-0.15, -0.1) is 0 Å². The van der Waals surface area contributed by atoms with Crippen LogP contribution in [0.4, 0.5) is 0 Å². The molecular weight excluding hydrogens is 364 g/mol. The zero-order valence-electron chi connectivity index (χ0n) is 17.2. The van der Waals surface area contributed by atoms with E-state index in [0.29, 0.717) is 35.9 Å². The summed E-state index contributed by atoms with van der Waals surface area (Å²) in [5, 5.41) is 3.27. The monoisotopic (exact) mass is 394 g/mol. The lowest BCUT2D eigenvalue weighted by molar-refractivity contribution is -0.126. The van der Waals surface area contributed by atoms with Crippen molar-refractivity contribution >= 4 is 17.7 Å². The van der Waals surface area contributed by atoms with Gasteiger partial charge in [0, 0.05) is 19.0 Å². The molecule has 0 saturated heterocycles. The van der Waals surface area contributed by atoms with Gasteiger partial charge in [-0.1, -0.05) is 12.1 Å². The average molecular weight is 395 g/mol. The van der Waals surface area contributed by atoms with Crippen LogP contribution in [-0.4, -0.2) is 35.2 Å². The number of rotatable bonds is 6. The van der Waals surface area contributed by atoms with Gasteiger partial charge in [-0.05, 0) is 87.2 Å². The molecule has 29 heavy (non-hydrogen) atoms. The summed E-state index contributed by atoms with van der Waals surface area (Å²) >= 11 is 0. The molecule has 6 rings (SSSR count). The van der Waals surface area contributed by atoms with Crippen molar-refractivity contribution in [3.8, 4) is 0 Å². The maximum absolute atomic E-state index is 12.6. The molecule has 4 aliphatic carbocycles. The van der Waals surface area contributed by atoms with E-state index in [-0.39, 0.29) is 23.8 Å². The lowest BCUT2D eigenvalue weighted by atomic mass is 9.48. The van der Waals surface area contributed by atoms with Crippen molar-refractivity contribution in [2.24, 2.45) is 23.2 Å². The van der Waals surface area contributed by atoms with Gasteiger partial charge in [-0.2, -0.15) is 0 Å². The highest BCUT2D eigenvalue weighted by Crippen LogP contribution is 2.61. The largest absolute Gasteiger partial charge is 0.353 e. The number of carbonyl (C=O) groups is 3. The number of nitrogens with zero attached hydrogens (tertiary/aromatic N) is 1. The van der Waals surface area contributed by atoms with E-state index in [1.165, 1.54) is 43.4 Å². The van der Waals surface area contributed by atoms with Crippen LogP contribution in [0.25, 0.3) is 0 Å². The highest BCUT2D eigenvalue weighted by Gasteiger charge is 2.53. The summed E-state index contributed by atoms with van der Waals surface area (Å²) in [4.78, 5) is 38.7. The Morgan fingerprint density at radius 1 is 1.03 bits per heavy atom. The minimum Gasteiger partial charge on any atom is -0.353 e. The van der Waals surface area contributed by atoms with Crippen molar-refractivity contribution in [2.75, 3.05) is 6.54 Å². The summed E-state index contributed by atoms with van der Waals surface area (Å²) in [6.07, 6.45) is 8.88. The predicted molar refractivity (Wildman–Crippen MR) is 109 cm³/mol. The normalized spacial score (nSPS) is 33.1. The minimum atomic E-state index is -0.243. The molecule has 4 fully saturated rings. The van der Waals surface area contributed by atoms with Gasteiger partial charge >= 0.3 is 0 Å². The standard InChI is InChI=1S/C24H30N2O3/c1-15(24-12-16-9-17(13-24)11-18(10-16)14-24)25-21(27)7-4-8-26-22(28)19-5-2-3-6-20(19)23(26)29/h2-3,5-6,15-18H,4,7-14H2,1H3,(H,25,27)/t15-,16?,17?,18?,24?/m0/s1.